The molecule has 0 saturated carbocycles. The number of anilines is 2. The standard InChI is InChI=1S/C17H20F3N7O/c1-16(23)4-7-27(8-5-16)15-25-13(22)10(14(28)26-15)11(21)9-3-2-6-24-12(9)17(18,19)20/h2-3,6,21H,4-5,7-8,23H2,1H3,(H3,22,25,26,28). The van der Waals surface area contributed by atoms with E-state index in [1.54, 1.807) is 4.90 Å². The molecule has 1 aliphatic rings. The van der Waals surface area contributed by atoms with Crippen LogP contribution in [0.5, 0.6) is 0 Å². The van der Waals surface area contributed by atoms with Gasteiger partial charge in [-0.3, -0.25) is 20.2 Å². The Morgan fingerprint density at radius 3 is 2.57 bits per heavy atom. The smallest absolute Gasteiger partial charge is 0.383 e. The van der Waals surface area contributed by atoms with E-state index in [1.165, 1.54) is 6.07 Å². The number of hydrogen-bond acceptors (Lipinski definition) is 7. The third kappa shape index (κ3) is 3.84. The van der Waals surface area contributed by atoms with Crippen LogP contribution >= 0.6 is 0 Å². The summed E-state index contributed by atoms with van der Waals surface area (Å²) in [4.78, 5) is 24.3. The number of rotatable bonds is 3. The molecule has 150 valence electrons. The lowest BCUT2D eigenvalue weighted by Crippen LogP contribution is -2.49. The molecular weight excluding hydrogens is 375 g/mol. The summed E-state index contributed by atoms with van der Waals surface area (Å²) < 4.78 is 39.6. The summed E-state index contributed by atoms with van der Waals surface area (Å²) in [5, 5.41) is 8.13. The number of hydrogen-bond donors (Lipinski definition) is 4. The number of H-pyrrole nitrogens is 1. The largest absolute Gasteiger partial charge is 0.434 e. The van der Waals surface area contributed by atoms with Crippen molar-refractivity contribution in [2.75, 3.05) is 23.7 Å². The summed E-state index contributed by atoms with van der Waals surface area (Å²) in [7, 11) is 0. The van der Waals surface area contributed by atoms with E-state index in [9.17, 15) is 18.0 Å². The molecule has 0 radical (unpaired) electrons. The lowest BCUT2D eigenvalue weighted by molar-refractivity contribution is -0.141. The van der Waals surface area contributed by atoms with Crippen LogP contribution < -0.4 is 21.9 Å². The second-order valence-corrected chi connectivity index (χ2v) is 7.06. The van der Waals surface area contributed by atoms with Crippen LogP contribution in [0.25, 0.3) is 0 Å². The van der Waals surface area contributed by atoms with Crippen molar-refractivity contribution in [2.45, 2.75) is 31.5 Å². The molecule has 0 unspecified atom stereocenters. The predicted octanol–water partition coefficient (Wildman–Crippen LogP) is 1.50. The van der Waals surface area contributed by atoms with E-state index in [-0.39, 0.29) is 17.3 Å². The highest BCUT2D eigenvalue weighted by atomic mass is 19.4. The zero-order valence-electron chi connectivity index (χ0n) is 15.1. The molecule has 0 amide bonds. The number of nitrogens with one attached hydrogen (secondary N) is 2. The summed E-state index contributed by atoms with van der Waals surface area (Å²) in [5.41, 5.74) is 7.92. The van der Waals surface area contributed by atoms with Crippen LogP contribution in [0, 0.1) is 5.41 Å². The van der Waals surface area contributed by atoms with Crippen LogP contribution in [0.4, 0.5) is 24.9 Å². The van der Waals surface area contributed by atoms with Crippen molar-refractivity contribution in [3.8, 4) is 0 Å². The van der Waals surface area contributed by atoms with E-state index in [2.05, 4.69) is 15.0 Å². The van der Waals surface area contributed by atoms with Gasteiger partial charge in [0.15, 0.2) is 5.69 Å². The zero-order chi connectivity index (χ0) is 20.7. The Labute approximate surface area is 158 Å². The number of piperidine rings is 1. The van der Waals surface area contributed by atoms with Crippen molar-refractivity contribution in [1.82, 2.24) is 15.0 Å². The zero-order valence-corrected chi connectivity index (χ0v) is 15.1. The Kier molecular flexibility index (Phi) is 4.88. The molecule has 2 aromatic rings. The first-order valence-electron chi connectivity index (χ1n) is 8.55. The van der Waals surface area contributed by atoms with Gasteiger partial charge < -0.3 is 16.4 Å². The lowest BCUT2D eigenvalue weighted by atomic mass is 9.91. The average Bonchev–Trinajstić information content (AvgIpc) is 2.60. The fraction of sp³-hybridized carbons (Fsp3) is 0.412. The summed E-state index contributed by atoms with van der Waals surface area (Å²) in [5.74, 6) is -0.112. The minimum absolute atomic E-state index is 0.205. The number of halogens is 3. The van der Waals surface area contributed by atoms with Crippen LogP contribution in [0.15, 0.2) is 23.1 Å². The van der Waals surface area contributed by atoms with E-state index in [4.69, 9.17) is 16.9 Å². The van der Waals surface area contributed by atoms with Crippen LogP contribution in [0.1, 0.15) is 36.6 Å². The number of nitrogen functional groups attached to an aromatic ring is 1. The van der Waals surface area contributed by atoms with Gasteiger partial charge in [-0.2, -0.15) is 18.2 Å². The minimum Gasteiger partial charge on any atom is -0.383 e. The van der Waals surface area contributed by atoms with E-state index < -0.39 is 34.3 Å². The van der Waals surface area contributed by atoms with Crippen LogP contribution in [0.3, 0.4) is 0 Å². The Bertz CT molecular complexity index is 958. The summed E-state index contributed by atoms with van der Waals surface area (Å²) in [6.07, 6.45) is -2.45. The topological polar surface area (TPSA) is 138 Å². The molecule has 8 nitrogen and oxygen atoms in total. The molecule has 0 bridgehead atoms. The number of aromatic amines is 1. The highest BCUT2D eigenvalue weighted by Gasteiger charge is 2.37. The third-order valence-electron chi connectivity index (χ3n) is 4.74. The highest BCUT2D eigenvalue weighted by molar-refractivity contribution is 6.13. The van der Waals surface area contributed by atoms with E-state index in [0.717, 1.165) is 12.3 Å². The van der Waals surface area contributed by atoms with Gasteiger partial charge >= 0.3 is 6.18 Å². The first-order valence-corrected chi connectivity index (χ1v) is 8.55. The van der Waals surface area contributed by atoms with Gasteiger partial charge in [0.1, 0.15) is 11.4 Å². The number of alkyl halides is 3. The SMILES string of the molecule is CC1(N)CCN(c2nc(N)c(C(=N)c3cccnc3C(F)(F)F)c(=O)[nH]2)CC1. The molecule has 28 heavy (non-hydrogen) atoms. The van der Waals surface area contributed by atoms with Crippen LogP contribution in [-0.4, -0.2) is 39.3 Å². The Morgan fingerprint density at radius 1 is 1.36 bits per heavy atom. The normalized spacial score (nSPS) is 16.8. The van der Waals surface area contributed by atoms with Crippen LogP contribution in [-0.2, 0) is 6.18 Å². The van der Waals surface area contributed by atoms with Gasteiger partial charge in [-0.25, -0.2) is 0 Å². The lowest BCUT2D eigenvalue weighted by Gasteiger charge is -2.37. The van der Waals surface area contributed by atoms with Gasteiger partial charge in [0.05, 0.1) is 5.71 Å². The second-order valence-electron chi connectivity index (χ2n) is 7.06. The van der Waals surface area contributed by atoms with Gasteiger partial charge in [0.2, 0.25) is 5.95 Å². The fourth-order valence-electron chi connectivity index (χ4n) is 3.07. The summed E-state index contributed by atoms with van der Waals surface area (Å²) in [6, 6.07) is 2.32. The third-order valence-corrected chi connectivity index (χ3v) is 4.74. The quantitative estimate of drug-likeness (QED) is 0.581. The monoisotopic (exact) mass is 395 g/mol. The van der Waals surface area contributed by atoms with Gasteiger partial charge in [0.25, 0.3) is 5.56 Å². The molecule has 6 N–H and O–H groups in total. The average molecular weight is 395 g/mol. The van der Waals surface area contributed by atoms with Crippen LogP contribution in [0.2, 0.25) is 0 Å². The Morgan fingerprint density at radius 2 is 2.00 bits per heavy atom. The Balaban J connectivity index is 1.97. The van der Waals surface area contributed by atoms with E-state index in [1.807, 2.05) is 6.92 Å². The van der Waals surface area contributed by atoms with Crippen molar-refractivity contribution < 1.29 is 13.2 Å². The van der Waals surface area contributed by atoms with Crippen molar-refractivity contribution >= 4 is 17.5 Å². The predicted molar refractivity (Wildman–Crippen MR) is 98.5 cm³/mol. The molecular formula is C17H20F3N7O. The fourth-order valence-corrected chi connectivity index (χ4v) is 3.07. The number of aromatic nitrogens is 3. The second kappa shape index (κ2) is 6.89. The van der Waals surface area contributed by atoms with Gasteiger partial charge in [-0.15, -0.1) is 0 Å². The van der Waals surface area contributed by atoms with E-state index >= 15 is 0 Å². The molecule has 2 aromatic heterocycles. The molecule has 0 atom stereocenters. The molecule has 0 aromatic carbocycles. The van der Waals surface area contributed by atoms with Gasteiger partial charge in [-0.05, 0) is 31.9 Å². The maximum Gasteiger partial charge on any atom is 0.434 e. The number of nitrogens with zero attached hydrogens (tertiary/aromatic N) is 3. The van der Waals surface area contributed by atoms with Crippen molar-refractivity contribution in [3.63, 3.8) is 0 Å². The van der Waals surface area contributed by atoms with Crippen molar-refractivity contribution in [1.29, 1.82) is 5.41 Å². The molecule has 1 fully saturated rings. The van der Waals surface area contributed by atoms with Gasteiger partial charge in [0, 0.05) is 30.4 Å². The maximum atomic E-state index is 13.2. The van der Waals surface area contributed by atoms with Gasteiger partial charge in [-0.1, -0.05) is 0 Å². The maximum absolute atomic E-state index is 13.2. The Hall–Kier alpha value is -2.95. The molecule has 11 heteroatoms. The van der Waals surface area contributed by atoms with Crippen molar-refractivity contribution in [2.24, 2.45) is 5.73 Å². The first-order chi connectivity index (χ1) is 13.0. The summed E-state index contributed by atoms with van der Waals surface area (Å²) >= 11 is 0. The number of pyridine rings is 1. The molecule has 1 saturated heterocycles. The summed E-state index contributed by atoms with van der Waals surface area (Å²) in [6.45, 7) is 3.03. The molecule has 3 rings (SSSR count). The minimum atomic E-state index is -4.78. The number of nitrogens with two attached hydrogens (primary N) is 2. The molecule has 0 spiro atoms. The molecule has 1 aliphatic heterocycles. The first kappa shape index (κ1) is 19.8. The molecule has 3 heterocycles. The van der Waals surface area contributed by atoms with Crippen molar-refractivity contribution in [3.05, 3.63) is 45.5 Å². The highest BCUT2D eigenvalue weighted by Crippen LogP contribution is 2.31. The molecule has 0 aliphatic carbocycles. The van der Waals surface area contributed by atoms with E-state index in [0.29, 0.717) is 25.9 Å².